The lowest BCUT2D eigenvalue weighted by Crippen LogP contribution is -1.98. The summed E-state index contributed by atoms with van der Waals surface area (Å²) in [5.74, 6) is 0. The normalized spacial score (nSPS) is 12.6. The van der Waals surface area contributed by atoms with Gasteiger partial charge in [0.25, 0.3) is 0 Å². The van der Waals surface area contributed by atoms with E-state index in [9.17, 15) is 5.11 Å². The Balaban J connectivity index is 2.09. The molecule has 0 bridgehead atoms. The topological polar surface area (TPSA) is 46.0 Å². The van der Waals surface area contributed by atoms with Gasteiger partial charge in [-0.2, -0.15) is 10.2 Å². The first-order valence-electron chi connectivity index (χ1n) is 6.29. The van der Waals surface area contributed by atoms with Crippen LogP contribution in [0.1, 0.15) is 63.5 Å². The molecule has 0 aliphatic carbocycles. The van der Waals surface area contributed by atoms with Crippen molar-refractivity contribution in [3.63, 3.8) is 0 Å². The Kier molecular flexibility index (Phi) is 6.74. The molecule has 1 aromatic rings. The Morgan fingerprint density at radius 2 is 1.88 bits per heavy atom. The molecule has 1 aromatic heterocycles. The SMILES string of the molecule is CCCCCCCCC(O)c1ccnnc1. The highest BCUT2D eigenvalue weighted by atomic mass is 16.3. The van der Waals surface area contributed by atoms with Crippen molar-refractivity contribution >= 4 is 0 Å². The van der Waals surface area contributed by atoms with Crippen molar-refractivity contribution < 1.29 is 5.11 Å². The summed E-state index contributed by atoms with van der Waals surface area (Å²) in [6.45, 7) is 2.22. The molecule has 3 heteroatoms. The minimum absolute atomic E-state index is 0.373. The number of aromatic nitrogens is 2. The van der Waals surface area contributed by atoms with Gasteiger partial charge in [0.2, 0.25) is 0 Å². The lowest BCUT2D eigenvalue weighted by atomic mass is 10.0. The van der Waals surface area contributed by atoms with Gasteiger partial charge in [0.15, 0.2) is 0 Å². The van der Waals surface area contributed by atoms with Gasteiger partial charge in [0, 0.05) is 11.8 Å². The van der Waals surface area contributed by atoms with Crippen molar-refractivity contribution in [2.75, 3.05) is 0 Å². The molecule has 16 heavy (non-hydrogen) atoms. The Hall–Kier alpha value is -0.960. The molecule has 0 radical (unpaired) electrons. The Bertz CT molecular complexity index is 264. The molecule has 1 heterocycles. The number of unbranched alkanes of at least 4 members (excludes halogenated alkanes) is 5. The van der Waals surface area contributed by atoms with E-state index in [2.05, 4.69) is 17.1 Å². The summed E-state index contributed by atoms with van der Waals surface area (Å²) in [7, 11) is 0. The van der Waals surface area contributed by atoms with Crippen molar-refractivity contribution in [3.05, 3.63) is 24.0 Å². The average molecular weight is 222 g/mol. The highest BCUT2D eigenvalue weighted by molar-refractivity contribution is 5.08. The number of aliphatic hydroxyl groups is 1. The van der Waals surface area contributed by atoms with Crippen LogP contribution >= 0.6 is 0 Å². The molecule has 0 fully saturated rings. The fourth-order valence-corrected chi connectivity index (χ4v) is 1.78. The van der Waals surface area contributed by atoms with Crippen LogP contribution in [0.3, 0.4) is 0 Å². The molecule has 3 nitrogen and oxygen atoms in total. The molecular formula is C13H22N2O. The molecule has 0 aromatic carbocycles. The molecule has 0 saturated heterocycles. The van der Waals surface area contributed by atoms with Gasteiger partial charge in [0.1, 0.15) is 0 Å². The van der Waals surface area contributed by atoms with Crippen LogP contribution in [0.15, 0.2) is 18.5 Å². The van der Waals surface area contributed by atoms with Crippen LogP contribution in [-0.4, -0.2) is 15.3 Å². The van der Waals surface area contributed by atoms with Crippen molar-refractivity contribution in [3.8, 4) is 0 Å². The summed E-state index contributed by atoms with van der Waals surface area (Å²) in [5.41, 5.74) is 0.878. The molecule has 0 amide bonds. The lowest BCUT2D eigenvalue weighted by Gasteiger charge is -2.09. The second-order valence-corrected chi connectivity index (χ2v) is 4.25. The first kappa shape index (κ1) is 13.1. The molecular weight excluding hydrogens is 200 g/mol. The van der Waals surface area contributed by atoms with Crippen molar-refractivity contribution in [2.45, 2.75) is 58.0 Å². The van der Waals surface area contributed by atoms with Gasteiger partial charge in [-0.3, -0.25) is 0 Å². The van der Waals surface area contributed by atoms with Crippen LogP contribution in [0.2, 0.25) is 0 Å². The minimum Gasteiger partial charge on any atom is -0.388 e. The smallest absolute Gasteiger partial charge is 0.0806 e. The largest absolute Gasteiger partial charge is 0.388 e. The third-order valence-corrected chi connectivity index (χ3v) is 2.82. The van der Waals surface area contributed by atoms with E-state index in [0.717, 1.165) is 18.4 Å². The van der Waals surface area contributed by atoms with E-state index >= 15 is 0 Å². The van der Waals surface area contributed by atoms with Gasteiger partial charge in [-0.1, -0.05) is 45.4 Å². The molecule has 1 unspecified atom stereocenters. The van der Waals surface area contributed by atoms with Gasteiger partial charge in [-0.25, -0.2) is 0 Å². The number of hydrogen-bond donors (Lipinski definition) is 1. The zero-order valence-electron chi connectivity index (χ0n) is 10.1. The maximum Gasteiger partial charge on any atom is 0.0806 e. The van der Waals surface area contributed by atoms with Gasteiger partial charge in [0.05, 0.1) is 12.3 Å². The Morgan fingerprint density at radius 3 is 2.56 bits per heavy atom. The van der Waals surface area contributed by atoms with Crippen LogP contribution in [0.5, 0.6) is 0 Å². The van der Waals surface area contributed by atoms with Gasteiger partial charge in [-0.05, 0) is 12.5 Å². The molecule has 0 aliphatic heterocycles. The summed E-state index contributed by atoms with van der Waals surface area (Å²) in [6, 6.07) is 1.83. The van der Waals surface area contributed by atoms with Gasteiger partial charge in [-0.15, -0.1) is 0 Å². The maximum absolute atomic E-state index is 9.86. The quantitative estimate of drug-likeness (QED) is 0.687. The highest BCUT2D eigenvalue weighted by Gasteiger charge is 2.06. The van der Waals surface area contributed by atoms with Crippen molar-refractivity contribution in [1.29, 1.82) is 0 Å². The molecule has 0 aliphatic rings. The second kappa shape index (κ2) is 8.22. The molecule has 0 spiro atoms. The summed E-state index contributed by atoms with van der Waals surface area (Å²) < 4.78 is 0. The first-order valence-corrected chi connectivity index (χ1v) is 6.29. The third kappa shape index (κ3) is 5.21. The van der Waals surface area contributed by atoms with Crippen molar-refractivity contribution in [2.24, 2.45) is 0 Å². The van der Waals surface area contributed by atoms with E-state index in [-0.39, 0.29) is 6.10 Å². The van der Waals surface area contributed by atoms with E-state index in [1.54, 1.807) is 12.4 Å². The maximum atomic E-state index is 9.86. The third-order valence-electron chi connectivity index (χ3n) is 2.82. The average Bonchev–Trinajstić information content (AvgIpc) is 2.34. The zero-order valence-corrected chi connectivity index (χ0v) is 10.1. The van der Waals surface area contributed by atoms with Crippen LogP contribution in [-0.2, 0) is 0 Å². The number of hydrogen-bond acceptors (Lipinski definition) is 3. The van der Waals surface area contributed by atoms with Crippen LogP contribution in [0, 0.1) is 0 Å². The first-order chi connectivity index (χ1) is 7.84. The lowest BCUT2D eigenvalue weighted by molar-refractivity contribution is 0.162. The summed E-state index contributed by atoms with van der Waals surface area (Å²) >= 11 is 0. The van der Waals surface area contributed by atoms with Crippen LogP contribution in [0.25, 0.3) is 0 Å². The van der Waals surface area contributed by atoms with E-state index in [4.69, 9.17) is 0 Å². The fourth-order valence-electron chi connectivity index (χ4n) is 1.78. The summed E-state index contributed by atoms with van der Waals surface area (Å²) in [4.78, 5) is 0. The Labute approximate surface area is 97.9 Å². The van der Waals surface area contributed by atoms with Gasteiger partial charge >= 0.3 is 0 Å². The van der Waals surface area contributed by atoms with Crippen molar-refractivity contribution in [1.82, 2.24) is 10.2 Å². The number of rotatable bonds is 8. The van der Waals surface area contributed by atoms with E-state index in [0.29, 0.717) is 0 Å². The molecule has 1 N–H and O–H groups in total. The number of aliphatic hydroxyl groups excluding tert-OH is 1. The minimum atomic E-state index is -0.373. The monoisotopic (exact) mass is 222 g/mol. The number of nitrogens with zero attached hydrogens (tertiary/aromatic N) is 2. The Morgan fingerprint density at radius 1 is 1.12 bits per heavy atom. The summed E-state index contributed by atoms with van der Waals surface area (Å²) in [6.07, 6.45) is 11.3. The standard InChI is InChI=1S/C13H22N2O/c1-2-3-4-5-6-7-8-13(16)12-9-10-14-15-11-12/h9-11,13,16H,2-8H2,1H3. The molecule has 1 atom stereocenters. The zero-order chi connectivity index (χ0) is 11.6. The fraction of sp³-hybridized carbons (Fsp3) is 0.692. The molecule has 0 saturated carbocycles. The van der Waals surface area contributed by atoms with Gasteiger partial charge < -0.3 is 5.11 Å². The molecule has 90 valence electrons. The predicted octanol–water partition coefficient (Wildman–Crippen LogP) is 3.26. The van der Waals surface area contributed by atoms with E-state index in [1.165, 1.54) is 32.1 Å². The highest BCUT2D eigenvalue weighted by Crippen LogP contribution is 2.18. The van der Waals surface area contributed by atoms with Crippen LogP contribution < -0.4 is 0 Å². The van der Waals surface area contributed by atoms with E-state index in [1.807, 2.05) is 6.07 Å². The molecule has 1 rings (SSSR count). The summed E-state index contributed by atoms with van der Waals surface area (Å²) in [5, 5.41) is 17.3. The second-order valence-electron chi connectivity index (χ2n) is 4.25. The van der Waals surface area contributed by atoms with E-state index < -0.39 is 0 Å². The van der Waals surface area contributed by atoms with Crippen LogP contribution in [0.4, 0.5) is 0 Å². The predicted molar refractivity (Wildman–Crippen MR) is 65.0 cm³/mol.